The van der Waals surface area contributed by atoms with Crippen molar-refractivity contribution in [1.82, 2.24) is 9.80 Å². The first-order valence-corrected chi connectivity index (χ1v) is 11.1. The van der Waals surface area contributed by atoms with Gasteiger partial charge in [0, 0.05) is 17.6 Å². The van der Waals surface area contributed by atoms with Gasteiger partial charge >= 0.3 is 0 Å². The summed E-state index contributed by atoms with van der Waals surface area (Å²) in [6.45, 7) is 3.80. The summed E-state index contributed by atoms with van der Waals surface area (Å²) in [4.78, 5) is 30.6. The van der Waals surface area contributed by atoms with E-state index in [2.05, 4.69) is 15.9 Å². The van der Waals surface area contributed by atoms with Gasteiger partial charge in [0.25, 0.3) is 5.91 Å². The molecule has 0 N–H and O–H groups in total. The summed E-state index contributed by atoms with van der Waals surface area (Å²) >= 11 is 3.43. The van der Waals surface area contributed by atoms with Gasteiger partial charge in [-0.3, -0.25) is 9.59 Å². The Morgan fingerprint density at radius 1 is 1.16 bits per heavy atom. The number of nitrogens with zero attached hydrogens (tertiary/aromatic N) is 2. The number of fused-ring (bicyclic) bond motifs is 2. The molecule has 0 aliphatic carbocycles. The normalized spacial score (nSPS) is 15.7. The maximum absolute atomic E-state index is 13.5. The molecule has 1 aliphatic heterocycles. The molecule has 3 aromatic rings. The van der Waals surface area contributed by atoms with E-state index in [1.54, 1.807) is 23.1 Å². The lowest BCUT2D eigenvalue weighted by atomic mass is 9.98. The third-order valence-electron chi connectivity index (χ3n) is 5.36. The Balaban J connectivity index is 1.89. The van der Waals surface area contributed by atoms with Crippen molar-refractivity contribution in [2.75, 3.05) is 33.8 Å². The minimum Gasteiger partial charge on any atom is -0.494 e. The van der Waals surface area contributed by atoms with Gasteiger partial charge in [0.1, 0.15) is 11.3 Å². The standard InChI is InChI=1S/C24H25BrN2O4/c1-4-12-30-17-7-5-6-15(13-17)21-20-22(28)18-14-16(25)8-9-19(18)31-23(20)24(29)27(21)11-10-26(2)3/h5-9,13-14,21H,4,10-12H2,1-3H3. The Labute approximate surface area is 189 Å². The molecule has 2 aromatic carbocycles. The SMILES string of the molecule is CCCOc1cccc(C2c3c(oc4ccc(Br)cc4c3=O)C(=O)N2CCN(C)C)c1. The summed E-state index contributed by atoms with van der Waals surface area (Å²) in [5, 5.41) is 0.457. The number of benzene rings is 2. The van der Waals surface area contributed by atoms with Crippen LogP contribution in [0.25, 0.3) is 11.0 Å². The van der Waals surface area contributed by atoms with Gasteiger partial charge in [-0.25, -0.2) is 0 Å². The molecule has 4 rings (SSSR count). The van der Waals surface area contributed by atoms with Crippen LogP contribution >= 0.6 is 15.9 Å². The van der Waals surface area contributed by atoms with Gasteiger partial charge in [0.15, 0.2) is 5.43 Å². The lowest BCUT2D eigenvalue weighted by Gasteiger charge is -2.26. The third kappa shape index (κ3) is 4.12. The zero-order valence-electron chi connectivity index (χ0n) is 17.9. The number of hydrogen-bond donors (Lipinski definition) is 0. The Bertz CT molecular complexity index is 1190. The van der Waals surface area contributed by atoms with Crippen LogP contribution in [0.5, 0.6) is 5.75 Å². The van der Waals surface area contributed by atoms with E-state index in [4.69, 9.17) is 9.15 Å². The van der Waals surface area contributed by atoms with E-state index in [9.17, 15) is 9.59 Å². The van der Waals surface area contributed by atoms with E-state index in [-0.39, 0.29) is 17.1 Å². The smallest absolute Gasteiger partial charge is 0.290 e. The molecule has 31 heavy (non-hydrogen) atoms. The highest BCUT2D eigenvalue weighted by Crippen LogP contribution is 2.39. The second-order valence-corrected chi connectivity index (χ2v) is 8.86. The van der Waals surface area contributed by atoms with Crippen LogP contribution in [0.15, 0.2) is 56.1 Å². The van der Waals surface area contributed by atoms with Gasteiger partial charge in [-0.1, -0.05) is 35.0 Å². The van der Waals surface area contributed by atoms with Gasteiger partial charge in [0.2, 0.25) is 5.76 Å². The molecule has 0 bridgehead atoms. The van der Waals surface area contributed by atoms with Crippen molar-refractivity contribution >= 4 is 32.8 Å². The molecular formula is C24H25BrN2O4. The molecule has 162 valence electrons. The molecule has 6 nitrogen and oxygen atoms in total. The fraction of sp³-hybridized carbons (Fsp3) is 0.333. The van der Waals surface area contributed by atoms with Crippen LogP contribution in [-0.4, -0.2) is 49.5 Å². The number of likely N-dealkylation sites (N-methyl/N-ethyl adjacent to an activating group) is 1. The molecule has 7 heteroatoms. The monoisotopic (exact) mass is 484 g/mol. The Kier molecular flexibility index (Phi) is 6.16. The highest BCUT2D eigenvalue weighted by molar-refractivity contribution is 9.10. The molecule has 0 saturated heterocycles. The van der Waals surface area contributed by atoms with Gasteiger partial charge < -0.3 is 19.0 Å². The summed E-state index contributed by atoms with van der Waals surface area (Å²) in [7, 11) is 3.91. The summed E-state index contributed by atoms with van der Waals surface area (Å²) in [6, 6.07) is 12.4. The predicted octanol–water partition coefficient (Wildman–Crippen LogP) is 4.45. The van der Waals surface area contributed by atoms with E-state index in [1.807, 2.05) is 50.2 Å². The molecule has 0 fully saturated rings. The second-order valence-electron chi connectivity index (χ2n) is 7.94. The predicted molar refractivity (Wildman–Crippen MR) is 124 cm³/mol. The largest absolute Gasteiger partial charge is 0.494 e. The average molecular weight is 485 g/mol. The molecule has 0 radical (unpaired) electrons. The van der Waals surface area contributed by atoms with Crippen molar-refractivity contribution < 1.29 is 13.9 Å². The first kappa shape index (κ1) is 21.6. The van der Waals surface area contributed by atoms with Crippen LogP contribution in [0.2, 0.25) is 0 Å². The number of hydrogen-bond acceptors (Lipinski definition) is 5. The van der Waals surface area contributed by atoms with Crippen LogP contribution in [0.3, 0.4) is 0 Å². The number of carbonyl (C=O) groups excluding carboxylic acids is 1. The summed E-state index contributed by atoms with van der Waals surface area (Å²) < 4.78 is 12.6. The van der Waals surface area contributed by atoms with Crippen LogP contribution < -0.4 is 10.2 Å². The fourth-order valence-electron chi connectivity index (χ4n) is 3.87. The van der Waals surface area contributed by atoms with Crippen LogP contribution in [0.1, 0.15) is 41.1 Å². The minimum atomic E-state index is -0.521. The summed E-state index contributed by atoms with van der Waals surface area (Å²) in [5.41, 5.74) is 1.46. The van der Waals surface area contributed by atoms with Gasteiger partial charge in [0.05, 0.1) is 23.6 Å². The Morgan fingerprint density at radius 2 is 1.97 bits per heavy atom. The van der Waals surface area contributed by atoms with Crippen molar-refractivity contribution in [3.8, 4) is 5.75 Å². The zero-order chi connectivity index (χ0) is 22.1. The molecule has 1 unspecified atom stereocenters. The summed E-state index contributed by atoms with van der Waals surface area (Å²) in [5.74, 6) is 0.591. The van der Waals surface area contributed by atoms with Crippen molar-refractivity contribution in [2.24, 2.45) is 0 Å². The molecular weight excluding hydrogens is 460 g/mol. The van der Waals surface area contributed by atoms with Crippen molar-refractivity contribution in [3.63, 3.8) is 0 Å². The number of halogens is 1. The fourth-order valence-corrected chi connectivity index (χ4v) is 4.23. The van der Waals surface area contributed by atoms with E-state index in [0.717, 1.165) is 22.2 Å². The summed E-state index contributed by atoms with van der Waals surface area (Å²) in [6.07, 6.45) is 0.897. The van der Waals surface area contributed by atoms with Gasteiger partial charge in [-0.05, 0) is 56.4 Å². The molecule has 2 heterocycles. The third-order valence-corrected chi connectivity index (χ3v) is 5.86. The maximum atomic E-state index is 13.5. The lowest BCUT2D eigenvalue weighted by molar-refractivity contribution is 0.0716. The van der Waals surface area contributed by atoms with E-state index < -0.39 is 6.04 Å². The van der Waals surface area contributed by atoms with Crippen LogP contribution in [0, 0.1) is 0 Å². The molecule has 1 aromatic heterocycles. The first-order chi connectivity index (χ1) is 14.9. The second kappa shape index (κ2) is 8.85. The number of carbonyl (C=O) groups is 1. The van der Waals surface area contributed by atoms with Gasteiger partial charge in [-0.2, -0.15) is 0 Å². The van der Waals surface area contributed by atoms with Crippen LogP contribution in [-0.2, 0) is 0 Å². The lowest BCUT2D eigenvalue weighted by Crippen LogP contribution is -2.35. The van der Waals surface area contributed by atoms with E-state index in [0.29, 0.717) is 36.2 Å². The van der Waals surface area contributed by atoms with E-state index in [1.165, 1.54) is 0 Å². The maximum Gasteiger partial charge on any atom is 0.290 e. The first-order valence-electron chi connectivity index (χ1n) is 10.4. The van der Waals surface area contributed by atoms with Gasteiger partial charge in [-0.15, -0.1) is 0 Å². The molecule has 1 atom stereocenters. The van der Waals surface area contributed by atoms with Crippen LogP contribution in [0.4, 0.5) is 0 Å². The molecule has 1 aliphatic rings. The zero-order valence-corrected chi connectivity index (χ0v) is 19.4. The molecule has 0 saturated carbocycles. The highest BCUT2D eigenvalue weighted by atomic mass is 79.9. The highest BCUT2D eigenvalue weighted by Gasteiger charge is 2.42. The van der Waals surface area contributed by atoms with Crippen molar-refractivity contribution in [3.05, 3.63) is 74.0 Å². The minimum absolute atomic E-state index is 0.128. The van der Waals surface area contributed by atoms with Crippen molar-refractivity contribution in [2.45, 2.75) is 19.4 Å². The topological polar surface area (TPSA) is 63.0 Å². The number of ether oxygens (including phenoxy) is 1. The average Bonchev–Trinajstić information content (AvgIpc) is 3.03. The Morgan fingerprint density at radius 3 is 2.71 bits per heavy atom. The number of rotatable bonds is 7. The molecule has 0 spiro atoms. The molecule has 1 amide bonds. The quantitative estimate of drug-likeness (QED) is 0.495. The Hall–Kier alpha value is -2.64. The van der Waals surface area contributed by atoms with Crippen molar-refractivity contribution in [1.29, 1.82) is 0 Å². The van der Waals surface area contributed by atoms with E-state index >= 15 is 0 Å². The number of amides is 1.